The fourth-order valence-electron chi connectivity index (χ4n) is 4.59. The molecular weight excluding hydrogens is 344 g/mol. The van der Waals surface area contributed by atoms with Crippen LogP contribution in [0.1, 0.15) is 41.7 Å². The maximum absolute atomic E-state index is 13.2. The molecule has 6 heteroatoms. The molecule has 2 aliphatic rings. The Morgan fingerprint density at radius 2 is 2.07 bits per heavy atom. The highest BCUT2D eigenvalue weighted by atomic mass is 16.5. The van der Waals surface area contributed by atoms with Crippen LogP contribution in [0, 0.1) is 6.92 Å². The van der Waals surface area contributed by atoms with Crippen molar-refractivity contribution in [1.82, 2.24) is 9.88 Å². The third-order valence-electron chi connectivity index (χ3n) is 6.25. The van der Waals surface area contributed by atoms with E-state index < -0.39 is 0 Å². The number of piperidine rings is 1. The topological polar surface area (TPSA) is 63.8 Å². The molecular formula is C21H28N2O4. The third kappa shape index (κ3) is 3.11. The Kier molecular flexibility index (Phi) is 4.86. The second-order valence-corrected chi connectivity index (χ2v) is 7.61. The van der Waals surface area contributed by atoms with Crippen LogP contribution in [0.5, 0.6) is 5.75 Å². The summed E-state index contributed by atoms with van der Waals surface area (Å²) in [7, 11) is 3.42. The van der Waals surface area contributed by atoms with Crippen LogP contribution in [0.2, 0.25) is 0 Å². The number of aromatic nitrogens is 1. The maximum atomic E-state index is 13.2. The first-order valence-corrected chi connectivity index (χ1v) is 9.70. The fourth-order valence-corrected chi connectivity index (χ4v) is 4.59. The first-order valence-electron chi connectivity index (χ1n) is 9.70. The van der Waals surface area contributed by atoms with Crippen LogP contribution in [-0.2, 0) is 9.47 Å². The van der Waals surface area contributed by atoms with Gasteiger partial charge in [0.2, 0.25) is 0 Å². The van der Waals surface area contributed by atoms with Crippen LogP contribution in [0.25, 0.3) is 10.9 Å². The molecule has 2 fully saturated rings. The molecule has 3 heterocycles. The van der Waals surface area contributed by atoms with Crippen molar-refractivity contribution in [3.63, 3.8) is 0 Å². The lowest BCUT2D eigenvalue weighted by Crippen LogP contribution is -2.56. The van der Waals surface area contributed by atoms with Crippen molar-refractivity contribution in [3.8, 4) is 5.75 Å². The molecule has 1 atom stereocenters. The largest absolute Gasteiger partial charge is 0.497 e. The van der Waals surface area contributed by atoms with E-state index in [1.54, 1.807) is 14.2 Å². The predicted molar refractivity (Wildman–Crippen MR) is 103 cm³/mol. The second kappa shape index (κ2) is 7.17. The van der Waals surface area contributed by atoms with E-state index in [-0.39, 0.29) is 17.6 Å². The standard InChI is InChI=1S/C21H28N2O4/c1-14-16-13-15(25-2)6-7-17(16)22-19(14)20(24)23-10-8-21(9-11-23)18(26-3)5-4-12-27-21/h6-7,13,18,22H,4-5,8-12H2,1-3H3/t18-/m0/s1. The molecule has 2 aromatic rings. The lowest BCUT2D eigenvalue weighted by molar-refractivity contribution is -0.183. The molecule has 0 aliphatic carbocycles. The minimum absolute atomic E-state index is 0.0577. The van der Waals surface area contributed by atoms with E-state index in [2.05, 4.69) is 4.98 Å². The third-order valence-corrected chi connectivity index (χ3v) is 6.25. The van der Waals surface area contributed by atoms with E-state index in [1.165, 1.54) is 0 Å². The highest BCUT2D eigenvalue weighted by Gasteiger charge is 2.45. The van der Waals surface area contributed by atoms with Crippen molar-refractivity contribution in [2.45, 2.75) is 44.3 Å². The molecule has 1 aromatic carbocycles. The molecule has 1 N–H and O–H groups in total. The number of hydrogen-bond donors (Lipinski definition) is 1. The molecule has 0 radical (unpaired) electrons. The summed E-state index contributed by atoms with van der Waals surface area (Å²) >= 11 is 0. The number of methoxy groups -OCH3 is 2. The molecule has 2 aliphatic heterocycles. The van der Waals surface area contributed by atoms with Crippen molar-refractivity contribution < 1.29 is 19.0 Å². The summed E-state index contributed by atoms with van der Waals surface area (Å²) in [5, 5.41) is 1.03. The first-order chi connectivity index (χ1) is 13.1. The summed E-state index contributed by atoms with van der Waals surface area (Å²) in [5.41, 5.74) is 2.37. The fraction of sp³-hybridized carbons (Fsp3) is 0.571. The highest BCUT2D eigenvalue weighted by Crippen LogP contribution is 2.37. The van der Waals surface area contributed by atoms with Gasteiger partial charge in [-0.15, -0.1) is 0 Å². The van der Waals surface area contributed by atoms with Gasteiger partial charge in [0.15, 0.2) is 0 Å². The van der Waals surface area contributed by atoms with E-state index in [9.17, 15) is 4.79 Å². The van der Waals surface area contributed by atoms with Crippen molar-refractivity contribution in [2.24, 2.45) is 0 Å². The molecule has 6 nitrogen and oxygen atoms in total. The van der Waals surface area contributed by atoms with Crippen LogP contribution in [0.3, 0.4) is 0 Å². The number of benzene rings is 1. The Bertz CT molecular complexity index is 836. The van der Waals surface area contributed by atoms with Gasteiger partial charge in [0.05, 0.1) is 18.8 Å². The zero-order valence-corrected chi connectivity index (χ0v) is 16.3. The SMILES string of the molecule is COc1ccc2[nH]c(C(=O)N3CCC4(CC3)OCCC[C@@H]4OC)c(C)c2c1. The number of rotatable bonds is 3. The summed E-state index contributed by atoms with van der Waals surface area (Å²) in [4.78, 5) is 18.4. The molecule has 1 amide bonds. The van der Waals surface area contributed by atoms with E-state index in [4.69, 9.17) is 14.2 Å². The number of hydrogen-bond acceptors (Lipinski definition) is 4. The number of amides is 1. The zero-order chi connectivity index (χ0) is 19.0. The average molecular weight is 372 g/mol. The second-order valence-electron chi connectivity index (χ2n) is 7.61. The number of nitrogens with one attached hydrogen (secondary N) is 1. The van der Waals surface area contributed by atoms with Crippen molar-refractivity contribution in [2.75, 3.05) is 33.9 Å². The summed E-state index contributed by atoms with van der Waals surface area (Å²) in [6, 6.07) is 5.84. The smallest absolute Gasteiger partial charge is 0.270 e. The van der Waals surface area contributed by atoms with Gasteiger partial charge in [-0.1, -0.05) is 0 Å². The first kappa shape index (κ1) is 18.3. The molecule has 4 rings (SSSR count). The van der Waals surface area contributed by atoms with Gasteiger partial charge in [-0.05, 0) is 56.4 Å². The molecule has 0 unspecified atom stereocenters. The maximum Gasteiger partial charge on any atom is 0.270 e. The number of aryl methyl sites for hydroxylation is 1. The minimum Gasteiger partial charge on any atom is -0.497 e. The summed E-state index contributed by atoms with van der Waals surface area (Å²) in [6.45, 7) is 4.16. The summed E-state index contributed by atoms with van der Waals surface area (Å²) in [6.07, 6.45) is 3.86. The highest BCUT2D eigenvalue weighted by molar-refractivity contribution is 6.01. The molecule has 0 saturated carbocycles. The molecule has 2 saturated heterocycles. The van der Waals surface area contributed by atoms with Crippen LogP contribution in [-0.4, -0.2) is 61.4 Å². The average Bonchev–Trinajstić information content (AvgIpc) is 3.04. The Labute approximate surface area is 159 Å². The van der Waals surface area contributed by atoms with Gasteiger partial charge in [0.1, 0.15) is 11.4 Å². The van der Waals surface area contributed by atoms with E-state index in [0.29, 0.717) is 18.8 Å². The molecule has 27 heavy (non-hydrogen) atoms. The number of fused-ring (bicyclic) bond motifs is 1. The van der Waals surface area contributed by atoms with Gasteiger partial charge in [0, 0.05) is 37.7 Å². The quantitative estimate of drug-likeness (QED) is 0.898. The summed E-state index contributed by atoms with van der Waals surface area (Å²) < 4.78 is 17.2. The lowest BCUT2D eigenvalue weighted by atomic mass is 9.81. The monoisotopic (exact) mass is 372 g/mol. The van der Waals surface area contributed by atoms with Crippen LogP contribution in [0.4, 0.5) is 0 Å². The van der Waals surface area contributed by atoms with Crippen LogP contribution >= 0.6 is 0 Å². The lowest BCUT2D eigenvalue weighted by Gasteiger charge is -2.47. The Morgan fingerprint density at radius 1 is 1.30 bits per heavy atom. The van der Waals surface area contributed by atoms with Crippen molar-refractivity contribution in [1.29, 1.82) is 0 Å². The van der Waals surface area contributed by atoms with Gasteiger partial charge in [-0.25, -0.2) is 0 Å². The predicted octanol–water partition coefficient (Wildman–Crippen LogP) is 3.29. The number of carbonyl (C=O) groups excluding carboxylic acids is 1. The van der Waals surface area contributed by atoms with Gasteiger partial charge in [-0.3, -0.25) is 4.79 Å². The Hall–Kier alpha value is -2.05. The Balaban J connectivity index is 1.53. The van der Waals surface area contributed by atoms with Crippen molar-refractivity contribution in [3.05, 3.63) is 29.5 Å². The van der Waals surface area contributed by atoms with Gasteiger partial charge < -0.3 is 24.1 Å². The number of nitrogens with zero attached hydrogens (tertiary/aromatic N) is 1. The van der Waals surface area contributed by atoms with Gasteiger partial charge in [0.25, 0.3) is 5.91 Å². The van der Waals surface area contributed by atoms with Crippen LogP contribution < -0.4 is 4.74 Å². The molecule has 146 valence electrons. The number of carbonyl (C=O) groups is 1. The zero-order valence-electron chi connectivity index (χ0n) is 16.3. The van der Waals surface area contributed by atoms with Crippen molar-refractivity contribution >= 4 is 16.8 Å². The number of likely N-dealkylation sites (tertiary alicyclic amines) is 1. The molecule has 0 bridgehead atoms. The van der Waals surface area contributed by atoms with E-state index in [1.807, 2.05) is 30.0 Å². The minimum atomic E-state index is -0.230. The number of H-pyrrole nitrogens is 1. The normalized spacial score (nSPS) is 22.3. The molecule has 1 aromatic heterocycles. The number of ether oxygens (including phenoxy) is 3. The molecule has 1 spiro atoms. The van der Waals surface area contributed by atoms with Crippen LogP contribution in [0.15, 0.2) is 18.2 Å². The number of aromatic amines is 1. The summed E-state index contributed by atoms with van der Waals surface area (Å²) in [5.74, 6) is 0.853. The van der Waals surface area contributed by atoms with E-state index in [0.717, 1.165) is 54.5 Å². The van der Waals surface area contributed by atoms with Gasteiger partial charge >= 0.3 is 0 Å². The Morgan fingerprint density at radius 3 is 2.78 bits per heavy atom. The van der Waals surface area contributed by atoms with Gasteiger partial charge in [-0.2, -0.15) is 0 Å². The van der Waals surface area contributed by atoms with E-state index >= 15 is 0 Å².